The molecule has 0 aliphatic heterocycles. The van der Waals surface area contributed by atoms with Crippen LogP contribution in [-0.2, 0) is 19.2 Å². The Bertz CT molecular complexity index is 573. The van der Waals surface area contributed by atoms with Crippen LogP contribution in [0.4, 0.5) is 0 Å². The van der Waals surface area contributed by atoms with Gasteiger partial charge in [-0.3, -0.25) is 19.2 Å². The SMILES string of the molecule is CCCCC(CC)CC1(C(=O)O)C(=O)CCC(=O)C1(CC(CC)CCCC)C(=O)O. The molecule has 6 heteroatoms. The Morgan fingerprint density at radius 1 is 0.767 bits per heavy atom. The number of hydrogen-bond donors (Lipinski definition) is 2. The van der Waals surface area contributed by atoms with E-state index in [9.17, 15) is 29.4 Å². The van der Waals surface area contributed by atoms with Crippen LogP contribution in [0, 0.1) is 22.7 Å². The Hall–Kier alpha value is -1.72. The molecule has 0 heterocycles. The number of carboxylic acid groups (broad SMARTS) is 2. The molecule has 0 amide bonds. The molecule has 0 bridgehead atoms. The lowest BCUT2D eigenvalue weighted by molar-refractivity contribution is -0.189. The van der Waals surface area contributed by atoms with Crippen LogP contribution in [0.2, 0.25) is 0 Å². The molecule has 6 nitrogen and oxygen atoms in total. The van der Waals surface area contributed by atoms with Gasteiger partial charge in [-0.05, 0) is 24.7 Å². The van der Waals surface area contributed by atoms with Crippen molar-refractivity contribution in [1.82, 2.24) is 0 Å². The Labute approximate surface area is 180 Å². The summed E-state index contributed by atoms with van der Waals surface area (Å²) in [6, 6.07) is 0. The molecule has 0 radical (unpaired) electrons. The fourth-order valence-corrected chi connectivity index (χ4v) is 5.24. The van der Waals surface area contributed by atoms with Gasteiger partial charge in [-0.15, -0.1) is 0 Å². The lowest BCUT2D eigenvalue weighted by Gasteiger charge is -2.48. The van der Waals surface area contributed by atoms with Gasteiger partial charge in [0.05, 0.1) is 0 Å². The molecular formula is C24H40O6. The van der Waals surface area contributed by atoms with Gasteiger partial charge < -0.3 is 10.2 Å². The molecule has 0 aromatic rings. The topological polar surface area (TPSA) is 109 Å². The summed E-state index contributed by atoms with van der Waals surface area (Å²) in [5, 5.41) is 20.7. The van der Waals surface area contributed by atoms with Gasteiger partial charge in [0.25, 0.3) is 0 Å². The second-order valence-corrected chi connectivity index (χ2v) is 9.01. The van der Waals surface area contributed by atoms with Crippen LogP contribution in [0.3, 0.4) is 0 Å². The van der Waals surface area contributed by atoms with Crippen molar-refractivity contribution in [3.05, 3.63) is 0 Å². The predicted molar refractivity (Wildman–Crippen MR) is 115 cm³/mol. The van der Waals surface area contributed by atoms with Crippen molar-refractivity contribution in [2.75, 3.05) is 0 Å². The van der Waals surface area contributed by atoms with E-state index in [4.69, 9.17) is 0 Å². The average Bonchev–Trinajstić information content (AvgIpc) is 2.71. The van der Waals surface area contributed by atoms with Crippen LogP contribution in [0.15, 0.2) is 0 Å². The Morgan fingerprint density at radius 2 is 1.10 bits per heavy atom. The van der Waals surface area contributed by atoms with Gasteiger partial charge in [-0.1, -0.05) is 79.1 Å². The number of carbonyl (C=O) groups is 4. The van der Waals surface area contributed by atoms with Crippen molar-refractivity contribution in [3.63, 3.8) is 0 Å². The highest BCUT2D eigenvalue weighted by Crippen LogP contribution is 2.55. The van der Waals surface area contributed by atoms with Crippen LogP contribution in [0.1, 0.15) is 105 Å². The number of ketones is 2. The second-order valence-electron chi connectivity index (χ2n) is 9.01. The molecule has 0 spiro atoms. The first-order valence-corrected chi connectivity index (χ1v) is 11.7. The van der Waals surface area contributed by atoms with E-state index in [0.29, 0.717) is 12.8 Å². The molecule has 0 aromatic heterocycles. The van der Waals surface area contributed by atoms with Crippen LogP contribution in [0.25, 0.3) is 0 Å². The Balaban J connectivity index is 3.62. The third-order valence-corrected chi connectivity index (χ3v) is 7.27. The molecule has 2 N–H and O–H groups in total. The highest BCUT2D eigenvalue weighted by molar-refractivity contribution is 6.20. The van der Waals surface area contributed by atoms with E-state index in [1.807, 2.05) is 27.7 Å². The number of unbranched alkanes of at least 4 members (excludes halogenated alkanes) is 2. The van der Waals surface area contributed by atoms with Crippen LogP contribution in [-0.4, -0.2) is 33.7 Å². The maximum Gasteiger partial charge on any atom is 0.318 e. The van der Waals surface area contributed by atoms with Gasteiger partial charge in [0, 0.05) is 12.8 Å². The number of carbonyl (C=O) groups excluding carboxylic acids is 2. The van der Waals surface area contributed by atoms with E-state index in [-0.39, 0.29) is 37.5 Å². The van der Waals surface area contributed by atoms with Crippen LogP contribution in [0.5, 0.6) is 0 Å². The van der Waals surface area contributed by atoms with Gasteiger partial charge >= 0.3 is 11.9 Å². The highest BCUT2D eigenvalue weighted by Gasteiger charge is 2.71. The second kappa shape index (κ2) is 11.6. The Morgan fingerprint density at radius 3 is 1.33 bits per heavy atom. The summed E-state index contributed by atoms with van der Waals surface area (Å²) in [4.78, 5) is 51.9. The Kier molecular flexibility index (Phi) is 10.2. The zero-order valence-electron chi connectivity index (χ0n) is 19.2. The first kappa shape index (κ1) is 26.3. The van der Waals surface area contributed by atoms with Gasteiger partial charge in [0.1, 0.15) is 10.8 Å². The summed E-state index contributed by atoms with van der Waals surface area (Å²) < 4.78 is 0. The van der Waals surface area contributed by atoms with E-state index < -0.39 is 34.3 Å². The van der Waals surface area contributed by atoms with Crippen molar-refractivity contribution in [2.24, 2.45) is 22.7 Å². The van der Waals surface area contributed by atoms with E-state index >= 15 is 0 Å². The summed E-state index contributed by atoms with van der Waals surface area (Å²) in [5.74, 6) is -4.27. The lowest BCUT2D eigenvalue weighted by Crippen LogP contribution is -2.64. The largest absolute Gasteiger partial charge is 0.480 e. The van der Waals surface area contributed by atoms with Gasteiger partial charge in [0.15, 0.2) is 11.6 Å². The average molecular weight is 425 g/mol. The van der Waals surface area contributed by atoms with E-state index in [0.717, 1.165) is 38.5 Å². The molecule has 1 fully saturated rings. The molecular weight excluding hydrogens is 384 g/mol. The molecule has 30 heavy (non-hydrogen) atoms. The van der Waals surface area contributed by atoms with Crippen LogP contribution >= 0.6 is 0 Å². The van der Waals surface area contributed by atoms with E-state index in [1.165, 1.54) is 0 Å². The minimum absolute atomic E-state index is 0.0695. The highest BCUT2D eigenvalue weighted by atomic mass is 16.4. The summed E-state index contributed by atoms with van der Waals surface area (Å²) in [7, 11) is 0. The molecule has 1 saturated carbocycles. The number of carboxylic acids is 2. The lowest BCUT2D eigenvalue weighted by atomic mass is 9.49. The van der Waals surface area contributed by atoms with Crippen molar-refractivity contribution in [3.8, 4) is 0 Å². The number of hydrogen-bond acceptors (Lipinski definition) is 4. The summed E-state index contributed by atoms with van der Waals surface area (Å²) in [6.45, 7) is 7.94. The zero-order valence-corrected chi connectivity index (χ0v) is 19.2. The maximum absolute atomic E-state index is 13.2. The molecule has 4 atom stereocenters. The van der Waals surface area contributed by atoms with Gasteiger partial charge in [-0.25, -0.2) is 0 Å². The minimum Gasteiger partial charge on any atom is -0.480 e. The molecule has 1 aliphatic carbocycles. The summed E-state index contributed by atoms with van der Waals surface area (Å²) >= 11 is 0. The number of aliphatic carboxylic acids is 2. The number of rotatable bonds is 14. The standard InChI is InChI=1S/C24H40O6/c1-5-9-11-17(7-3)15-23(21(27)28)19(25)13-14-20(26)24(23,22(29)30)16-18(8-4)12-10-6-2/h17-18H,5-16H2,1-4H3,(H,27,28)(H,29,30). The van der Waals surface area contributed by atoms with Crippen molar-refractivity contribution >= 4 is 23.5 Å². The minimum atomic E-state index is -2.18. The molecule has 1 aliphatic rings. The fraction of sp³-hybridized carbons (Fsp3) is 0.833. The number of Topliss-reactive ketones (excluding diaryl/α,β-unsaturated/α-hetero) is 2. The fourth-order valence-electron chi connectivity index (χ4n) is 5.24. The third kappa shape index (κ3) is 4.94. The van der Waals surface area contributed by atoms with Crippen LogP contribution < -0.4 is 0 Å². The summed E-state index contributed by atoms with van der Waals surface area (Å²) in [6.07, 6.45) is 5.88. The maximum atomic E-state index is 13.2. The first-order chi connectivity index (χ1) is 14.2. The molecule has 0 saturated heterocycles. The van der Waals surface area contributed by atoms with Crippen molar-refractivity contribution in [1.29, 1.82) is 0 Å². The summed E-state index contributed by atoms with van der Waals surface area (Å²) in [5.41, 5.74) is -4.36. The normalized spacial score (nSPS) is 26.4. The van der Waals surface area contributed by atoms with E-state index in [2.05, 4.69) is 0 Å². The molecule has 1 rings (SSSR count). The monoisotopic (exact) mass is 424 g/mol. The molecule has 172 valence electrons. The van der Waals surface area contributed by atoms with Crippen molar-refractivity contribution < 1.29 is 29.4 Å². The molecule has 4 unspecified atom stereocenters. The smallest absolute Gasteiger partial charge is 0.318 e. The van der Waals surface area contributed by atoms with Gasteiger partial charge in [0.2, 0.25) is 0 Å². The zero-order chi connectivity index (χ0) is 22.9. The third-order valence-electron chi connectivity index (χ3n) is 7.27. The van der Waals surface area contributed by atoms with Gasteiger partial charge in [-0.2, -0.15) is 0 Å². The quantitative estimate of drug-likeness (QED) is 0.368. The predicted octanol–water partition coefficient (Wildman–Crippen LogP) is 5.27. The van der Waals surface area contributed by atoms with Crippen molar-refractivity contribution in [2.45, 2.75) is 105 Å². The first-order valence-electron chi connectivity index (χ1n) is 11.7. The van der Waals surface area contributed by atoms with E-state index in [1.54, 1.807) is 0 Å². The molecule has 0 aromatic carbocycles.